The van der Waals surface area contributed by atoms with Crippen LogP contribution in [0.15, 0.2) is 18.5 Å². The Balaban J connectivity index is 2.90. The molecule has 0 radical (unpaired) electrons. The normalized spacial score (nSPS) is 11.9. The van der Waals surface area contributed by atoms with Gasteiger partial charge in [0.2, 0.25) is 0 Å². The van der Waals surface area contributed by atoms with Gasteiger partial charge in [0.05, 0.1) is 16.7 Å². The summed E-state index contributed by atoms with van der Waals surface area (Å²) in [5, 5.41) is -0.371. The molecule has 0 saturated heterocycles. The molecule has 0 aliphatic heterocycles. The Morgan fingerprint density at radius 2 is 2.07 bits per heavy atom. The number of nitrogens with two attached hydrogens (primary N) is 1. The number of aromatic nitrogens is 1. The number of rotatable bonds is 3. The molecule has 4 nitrogen and oxygen atoms in total. The van der Waals surface area contributed by atoms with Crippen molar-refractivity contribution < 1.29 is 8.42 Å². The fourth-order valence-corrected chi connectivity index (χ4v) is 1.94. The van der Waals surface area contributed by atoms with Crippen molar-refractivity contribution in [2.45, 2.75) is 24.9 Å². The van der Waals surface area contributed by atoms with Crippen molar-refractivity contribution in [3.8, 4) is 0 Å². The summed E-state index contributed by atoms with van der Waals surface area (Å²) >= 11 is 0. The number of anilines is 1. The maximum absolute atomic E-state index is 11.5. The highest BCUT2D eigenvalue weighted by atomic mass is 32.2. The summed E-state index contributed by atoms with van der Waals surface area (Å²) in [5.41, 5.74) is 6.62. The van der Waals surface area contributed by atoms with Crippen LogP contribution in [0.2, 0.25) is 0 Å². The summed E-state index contributed by atoms with van der Waals surface area (Å²) in [5.74, 6) is 0.00269. The molecule has 0 atom stereocenters. The van der Waals surface area contributed by atoms with Crippen LogP contribution in [0.5, 0.6) is 0 Å². The molecule has 1 heterocycles. The Morgan fingerprint density at radius 3 is 2.57 bits per heavy atom. The minimum Gasteiger partial charge on any atom is -0.397 e. The van der Waals surface area contributed by atoms with Crippen LogP contribution in [0.4, 0.5) is 5.69 Å². The lowest BCUT2D eigenvalue weighted by Gasteiger charge is -2.07. The van der Waals surface area contributed by atoms with Crippen LogP contribution in [0.25, 0.3) is 0 Å². The van der Waals surface area contributed by atoms with Gasteiger partial charge in [-0.25, -0.2) is 8.42 Å². The van der Waals surface area contributed by atoms with Crippen molar-refractivity contribution >= 4 is 15.5 Å². The summed E-state index contributed by atoms with van der Waals surface area (Å²) in [6, 6.07) is 1.63. The van der Waals surface area contributed by atoms with Gasteiger partial charge < -0.3 is 5.73 Å². The lowest BCUT2D eigenvalue weighted by Crippen LogP contribution is -2.16. The van der Waals surface area contributed by atoms with E-state index in [0.29, 0.717) is 11.3 Å². The quantitative estimate of drug-likeness (QED) is 0.814. The standard InChI is InChI=1S/C9H14N2O2S/c1-7(2)14(12,13)6-8-3-9(10)5-11-4-8/h3-5,7H,6,10H2,1-2H3. The Kier molecular flexibility index (Phi) is 3.10. The maximum atomic E-state index is 11.5. The van der Waals surface area contributed by atoms with Gasteiger partial charge in [0.25, 0.3) is 0 Å². The van der Waals surface area contributed by atoms with E-state index in [0.717, 1.165) is 0 Å². The number of pyridine rings is 1. The minimum atomic E-state index is -3.06. The fraction of sp³-hybridized carbons (Fsp3) is 0.444. The summed E-state index contributed by atoms with van der Waals surface area (Å²) in [6.07, 6.45) is 3.02. The summed E-state index contributed by atoms with van der Waals surface area (Å²) in [7, 11) is -3.06. The predicted molar refractivity (Wildman–Crippen MR) is 56.4 cm³/mol. The molecule has 5 heteroatoms. The van der Waals surface area contributed by atoms with E-state index in [9.17, 15) is 8.42 Å². The molecule has 1 rings (SSSR count). The topological polar surface area (TPSA) is 73.0 Å². The van der Waals surface area contributed by atoms with Crippen molar-refractivity contribution in [1.29, 1.82) is 0 Å². The number of sulfone groups is 1. The molecule has 0 bridgehead atoms. The van der Waals surface area contributed by atoms with Gasteiger partial charge in [-0.1, -0.05) is 0 Å². The van der Waals surface area contributed by atoms with Gasteiger partial charge in [-0.2, -0.15) is 0 Å². The molecular weight excluding hydrogens is 200 g/mol. The lowest BCUT2D eigenvalue weighted by molar-refractivity contribution is 0.586. The predicted octanol–water partition coefficient (Wildman–Crippen LogP) is 0.987. The van der Waals surface area contributed by atoms with Crippen molar-refractivity contribution in [2.75, 3.05) is 5.73 Å². The SMILES string of the molecule is CC(C)S(=O)(=O)Cc1cncc(N)c1. The molecule has 0 aliphatic rings. The monoisotopic (exact) mass is 214 g/mol. The first-order chi connectivity index (χ1) is 6.42. The fourth-order valence-electron chi connectivity index (χ4n) is 0.986. The molecular formula is C9H14N2O2S. The molecule has 0 amide bonds. The number of nitrogens with zero attached hydrogens (tertiary/aromatic N) is 1. The van der Waals surface area contributed by atoms with Gasteiger partial charge in [0.15, 0.2) is 9.84 Å². The van der Waals surface area contributed by atoms with Crippen LogP contribution in [-0.4, -0.2) is 18.7 Å². The van der Waals surface area contributed by atoms with Gasteiger partial charge in [-0.15, -0.1) is 0 Å². The maximum Gasteiger partial charge on any atom is 0.156 e. The molecule has 78 valence electrons. The molecule has 2 N–H and O–H groups in total. The second-order valence-corrected chi connectivity index (χ2v) is 6.04. The van der Waals surface area contributed by atoms with Gasteiger partial charge >= 0.3 is 0 Å². The summed E-state index contributed by atoms with van der Waals surface area (Å²) < 4.78 is 23.1. The Labute approximate surface area is 84.1 Å². The van der Waals surface area contributed by atoms with Crippen molar-refractivity contribution in [2.24, 2.45) is 0 Å². The zero-order valence-electron chi connectivity index (χ0n) is 8.27. The smallest absolute Gasteiger partial charge is 0.156 e. The molecule has 0 spiro atoms. The third kappa shape index (κ3) is 2.70. The lowest BCUT2D eigenvalue weighted by atomic mass is 10.3. The van der Waals surface area contributed by atoms with Gasteiger partial charge in [-0.05, 0) is 25.5 Å². The van der Waals surface area contributed by atoms with Crippen LogP contribution in [-0.2, 0) is 15.6 Å². The van der Waals surface area contributed by atoms with E-state index in [4.69, 9.17) is 5.73 Å². The third-order valence-corrected chi connectivity index (χ3v) is 4.07. The summed E-state index contributed by atoms with van der Waals surface area (Å²) in [4.78, 5) is 3.84. The largest absolute Gasteiger partial charge is 0.397 e. The highest BCUT2D eigenvalue weighted by Crippen LogP contribution is 2.11. The Morgan fingerprint density at radius 1 is 1.43 bits per heavy atom. The zero-order valence-corrected chi connectivity index (χ0v) is 9.08. The zero-order chi connectivity index (χ0) is 10.8. The van der Waals surface area contributed by atoms with Crippen LogP contribution in [0, 0.1) is 0 Å². The first-order valence-corrected chi connectivity index (χ1v) is 6.04. The van der Waals surface area contributed by atoms with Crippen LogP contribution >= 0.6 is 0 Å². The van der Waals surface area contributed by atoms with Crippen molar-refractivity contribution in [1.82, 2.24) is 4.98 Å². The third-order valence-electron chi connectivity index (χ3n) is 1.90. The molecule has 0 aliphatic carbocycles. The van der Waals surface area contributed by atoms with Crippen molar-refractivity contribution in [3.63, 3.8) is 0 Å². The second kappa shape index (κ2) is 3.96. The highest BCUT2D eigenvalue weighted by molar-refractivity contribution is 7.91. The molecule has 0 aromatic carbocycles. The molecule has 1 aromatic heterocycles. The number of hydrogen-bond acceptors (Lipinski definition) is 4. The van der Waals surface area contributed by atoms with E-state index in [1.165, 1.54) is 12.4 Å². The Hall–Kier alpha value is -1.10. The molecule has 0 unspecified atom stereocenters. The average molecular weight is 214 g/mol. The van der Waals surface area contributed by atoms with Crippen LogP contribution < -0.4 is 5.73 Å². The number of hydrogen-bond donors (Lipinski definition) is 1. The van der Waals surface area contributed by atoms with E-state index >= 15 is 0 Å². The van der Waals surface area contributed by atoms with Crippen molar-refractivity contribution in [3.05, 3.63) is 24.0 Å². The summed E-state index contributed by atoms with van der Waals surface area (Å²) in [6.45, 7) is 3.32. The highest BCUT2D eigenvalue weighted by Gasteiger charge is 2.16. The van der Waals surface area contributed by atoms with Gasteiger partial charge in [-0.3, -0.25) is 4.98 Å². The first kappa shape index (κ1) is 11.0. The molecule has 14 heavy (non-hydrogen) atoms. The van der Waals surface area contributed by atoms with Gasteiger partial charge in [0, 0.05) is 12.4 Å². The van der Waals surface area contributed by atoms with E-state index in [2.05, 4.69) is 4.98 Å². The van der Waals surface area contributed by atoms with E-state index in [-0.39, 0.29) is 11.0 Å². The molecule has 0 fully saturated rings. The number of nitrogen functional groups attached to an aromatic ring is 1. The second-order valence-electron chi connectivity index (χ2n) is 3.48. The average Bonchev–Trinajstić information content (AvgIpc) is 2.02. The van der Waals surface area contributed by atoms with E-state index < -0.39 is 9.84 Å². The first-order valence-electron chi connectivity index (χ1n) is 4.33. The minimum absolute atomic E-state index is 0.00269. The molecule has 1 aromatic rings. The Bertz CT molecular complexity index is 413. The van der Waals surface area contributed by atoms with Gasteiger partial charge in [0.1, 0.15) is 0 Å². The molecule has 0 saturated carbocycles. The van der Waals surface area contributed by atoms with E-state index in [1.54, 1.807) is 19.9 Å². The van der Waals surface area contributed by atoms with Crippen LogP contribution in [0.1, 0.15) is 19.4 Å². The van der Waals surface area contributed by atoms with E-state index in [1.807, 2.05) is 0 Å². The van der Waals surface area contributed by atoms with Crippen LogP contribution in [0.3, 0.4) is 0 Å².